The monoisotopic (exact) mass is 391 g/mol. The predicted molar refractivity (Wildman–Crippen MR) is 125 cm³/mol. The van der Waals surface area contributed by atoms with Crippen LogP contribution in [0.5, 0.6) is 0 Å². The number of rotatable bonds is 4. The number of aromatic amines is 1. The molecule has 1 atom stereocenters. The highest BCUT2D eigenvalue weighted by Gasteiger charge is 2.36. The van der Waals surface area contributed by atoms with E-state index < -0.39 is 0 Å². The molecule has 3 nitrogen and oxygen atoms in total. The second-order valence-electron chi connectivity index (χ2n) is 8.12. The number of aromatic nitrogens is 2. The van der Waals surface area contributed by atoms with E-state index in [9.17, 15) is 0 Å². The summed E-state index contributed by atoms with van der Waals surface area (Å²) >= 11 is 0. The Bertz CT molecular complexity index is 1190. The fourth-order valence-corrected chi connectivity index (χ4v) is 4.44. The molecular formula is C27H25N3. The van der Waals surface area contributed by atoms with Crippen molar-refractivity contribution in [3.8, 4) is 11.3 Å². The lowest BCUT2D eigenvalue weighted by Gasteiger charge is -2.35. The highest BCUT2D eigenvalue weighted by Crippen LogP contribution is 2.43. The minimum Gasteiger partial charge on any atom is -0.378 e. The van der Waals surface area contributed by atoms with Crippen molar-refractivity contribution >= 4 is 11.8 Å². The first kappa shape index (κ1) is 18.4. The van der Waals surface area contributed by atoms with Gasteiger partial charge < -0.3 is 4.90 Å². The summed E-state index contributed by atoms with van der Waals surface area (Å²) in [4.78, 5) is 2.16. The molecule has 1 unspecified atom stereocenters. The highest BCUT2D eigenvalue weighted by atomic mass is 15.1. The number of fused-ring (bicyclic) bond motifs is 1. The average Bonchev–Trinajstić information content (AvgIpc) is 3.23. The van der Waals surface area contributed by atoms with E-state index in [0.29, 0.717) is 0 Å². The number of benzene rings is 3. The molecule has 1 heterocycles. The quantitative estimate of drug-likeness (QED) is 0.484. The average molecular weight is 392 g/mol. The van der Waals surface area contributed by atoms with Gasteiger partial charge in [0.2, 0.25) is 0 Å². The fourth-order valence-electron chi connectivity index (χ4n) is 4.44. The molecule has 1 aromatic heterocycles. The first-order valence-corrected chi connectivity index (χ1v) is 10.3. The van der Waals surface area contributed by atoms with Crippen molar-refractivity contribution in [2.24, 2.45) is 0 Å². The van der Waals surface area contributed by atoms with Gasteiger partial charge in [0, 0.05) is 48.4 Å². The first-order valence-electron chi connectivity index (χ1n) is 10.3. The van der Waals surface area contributed by atoms with Gasteiger partial charge in [-0.2, -0.15) is 5.10 Å². The third kappa shape index (κ3) is 3.03. The number of nitrogens with one attached hydrogen (secondary N) is 1. The van der Waals surface area contributed by atoms with E-state index >= 15 is 0 Å². The van der Waals surface area contributed by atoms with Crippen LogP contribution in [0.3, 0.4) is 0 Å². The van der Waals surface area contributed by atoms with Crippen LogP contribution in [-0.4, -0.2) is 24.3 Å². The van der Waals surface area contributed by atoms with E-state index in [0.717, 1.165) is 17.7 Å². The largest absolute Gasteiger partial charge is 0.378 e. The Morgan fingerprint density at radius 3 is 2.27 bits per heavy atom. The van der Waals surface area contributed by atoms with E-state index in [-0.39, 0.29) is 5.41 Å². The maximum Gasteiger partial charge on any atom is 0.0995 e. The number of nitrogens with zero attached hydrogens (tertiary/aromatic N) is 2. The van der Waals surface area contributed by atoms with E-state index in [1.165, 1.54) is 28.1 Å². The van der Waals surface area contributed by atoms with E-state index in [1.54, 1.807) is 0 Å². The molecule has 0 spiro atoms. The van der Waals surface area contributed by atoms with Crippen LogP contribution in [-0.2, 0) is 11.8 Å². The molecule has 0 saturated heterocycles. The molecule has 0 bridgehead atoms. The van der Waals surface area contributed by atoms with Gasteiger partial charge in [-0.05, 0) is 23.3 Å². The van der Waals surface area contributed by atoms with Gasteiger partial charge in [0.25, 0.3) is 0 Å². The molecular weight excluding hydrogens is 366 g/mol. The second-order valence-corrected chi connectivity index (χ2v) is 8.12. The zero-order valence-corrected chi connectivity index (χ0v) is 17.3. The van der Waals surface area contributed by atoms with Gasteiger partial charge in [-0.25, -0.2) is 0 Å². The Morgan fingerprint density at radius 1 is 0.833 bits per heavy atom. The summed E-state index contributed by atoms with van der Waals surface area (Å²) in [7, 11) is 4.17. The summed E-state index contributed by atoms with van der Waals surface area (Å²) in [6.45, 7) is 0. The molecule has 3 heteroatoms. The second kappa shape index (κ2) is 7.34. The van der Waals surface area contributed by atoms with Crippen molar-refractivity contribution in [1.82, 2.24) is 10.2 Å². The van der Waals surface area contributed by atoms with E-state index in [4.69, 9.17) is 0 Å². The third-order valence-corrected chi connectivity index (χ3v) is 6.09. The zero-order valence-electron chi connectivity index (χ0n) is 17.3. The Hall–Kier alpha value is -3.59. The molecule has 30 heavy (non-hydrogen) atoms. The highest BCUT2D eigenvalue weighted by molar-refractivity contribution is 5.76. The summed E-state index contributed by atoms with van der Waals surface area (Å²) in [6, 6.07) is 30.0. The lowest BCUT2D eigenvalue weighted by atomic mass is 9.68. The maximum absolute atomic E-state index is 4.68. The van der Waals surface area contributed by atoms with Gasteiger partial charge in [-0.3, -0.25) is 5.10 Å². The Labute approximate surface area is 177 Å². The third-order valence-electron chi connectivity index (χ3n) is 6.09. The molecule has 5 rings (SSSR count). The maximum atomic E-state index is 4.68. The number of H-pyrrole nitrogens is 1. The summed E-state index contributed by atoms with van der Waals surface area (Å²) < 4.78 is 0. The van der Waals surface area contributed by atoms with Gasteiger partial charge in [-0.15, -0.1) is 0 Å². The van der Waals surface area contributed by atoms with Crippen molar-refractivity contribution in [3.05, 3.63) is 113 Å². The molecule has 0 amide bonds. The minimum atomic E-state index is -0.235. The Morgan fingerprint density at radius 2 is 1.53 bits per heavy atom. The standard InChI is InChI=1S/C27H25N3/c1-30(2)23-15-9-14-22(18-23)27(21-12-7-4-8-13-21)17-16-24-25(19-27)28-29-26(24)20-10-5-3-6-11-20/h3-18H,19H2,1-2H3,(H,28,29). The summed E-state index contributed by atoms with van der Waals surface area (Å²) in [5.74, 6) is 0. The molecule has 0 saturated carbocycles. The predicted octanol–water partition coefficient (Wildman–Crippen LogP) is 5.70. The summed E-state index contributed by atoms with van der Waals surface area (Å²) in [6.07, 6.45) is 5.46. The first-order chi connectivity index (χ1) is 14.7. The van der Waals surface area contributed by atoms with E-state index in [1.807, 2.05) is 6.07 Å². The molecule has 0 fully saturated rings. The summed E-state index contributed by atoms with van der Waals surface area (Å²) in [5, 5.41) is 8.03. The number of allylic oxidation sites excluding steroid dienone is 1. The van der Waals surface area contributed by atoms with Crippen LogP contribution in [0.4, 0.5) is 5.69 Å². The normalized spacial score (nSPS) is 17.5. The molecule has 148 valence electrons. The Balaban J connectivity index is 1.66. The number of anilines is 1. The molecule has 1 aliphatic carbocycles. The Kier molecular flexibility index (Phi) is 4.51. The number of hydrogen-bond acceptors (Lipinski definition) is 2. The van der Waals surface area contributed by atoms with Crippen LogP contribution in [0.25, 0.3) is 17.3 Å². The van der Waals surface area contributed by atoms with Gasteiger partial charge in [0.1, 0.15) is 0 Å². The molecule has 0 radical (unpaired) electrons. The van der Waals surface area contributed by atoms with Gasteiger partial charge in [-0.1, -0.05) is 84.9 Å². The molecule has 1 aliphatic rings. The van der Waals surface area contributed by atoms with Crippen LogP contribution in [0.2, 0.25) is 0 Å². The lowest BCUT2D eigenvalue weighted by Crippen LogP contribution is -2.30. The SMILES string of the molecule is CN(C)c1cccc(C2(c3ccccc3)C=Cc3c(-c4ccccc4)n[nH]c3C2)c1. The van der Waals surface area contributed by atoms with Gasteiger partial charge >= 0.3 is 0 Å². The van der Waals surface area contributed by atoms with Crippen LogP contribution in [0.15, 0.2) is 91.0 Å². The minimum absolute atomic E-state index is 0.235. The van der Waals surface area contributed by atoms with Crippen molar-refractivity contribution in [2.45, 2.75) is 11.8 Å². The van der Waals surface area contributed by atoms with Crippen molar-refractivity contribution in [1.29, 1.82) is 0 Å². The van der Waals surface area contributed by atoms with Crippen LogP contribution >= 0.6 is 0 Å². The number of hydrogen-bond donors (Lipinski definition) is 1. The zero-order chi connectivity index (χ0) is 20.6. The fraction of sp³-hybridized carbons (Fsp3) is 0.148. The van der Waals surface area contributed by atoms with Crippen LogP contribution < -0.4 is 4.90 Å². The van der Waals surface area contributed by atoms with Gasteiger partial charge in [0.05, 0.1) is 5.69 Å². The van der Waals surface area contributed by atoms with Crippen molar-refractivity contribution in [2.75, 3.05) is 19.0 Å². The molecule has 0 aliphatic heterocycles. The van der Waals surface area contributed by atoms with E-state index in [2.05, 4.69) is 120 Å². The molecule has 1 N–H and O–H groups in total. The topological polar surface area (TPSA) is 31.9 Å². The molecule has 4 aromatic rings. The van der Waals surface area contributed by atoms with Crippen molar-refractivity contribution in [3.63, 3.8) is 0 Å². The van der Waals surface area contributed by atoms with Crippen LogP contribution in [0, 0.1) is 0 Å². The van der Waals surface area contributed by atoms with Crippen LogP contribution in [0.1, 0.15) is 22.4 Å². The lowest BCUT2D eigenvalue weighted by molar-refractivity contribution is 0.620. The molecule has 3 aromatic carbocycles. The smallest absolute Gasteiger partial charge is 0.0995 e. The summed E-state index contributed by atoms with van der Waals surface area (Å²) in [5.41, 5.74) is 8.08. The van der Waals surface area contributed by atoms with Crippen molar-refractivity contribution < 1.29 is 0 Å². The van der Waals surface area contributed by atoms with Gasteiger partial charge in [0.15, 0.2) is 0 Å².